The summed E-state index contributed by atoms with van der Waals surface area (Å²) in [5.41, 5.74) is 19.2. The number of anilines is 3. The topological polar surface area (TPSA) is 16.4 Å². The van der Waals surface area contributed by atoms with E-state index in [4.69, 9.17) is 4.42 Å². The molecule has 12 rings (SSSR count). The molecule has 66 heavy (non-hydrogen) atoms. The van der Waals surface area contributed by atoms with Gasteiger partial charge >= 0.3 is 0 Å². The highest BCUT2D eigenvalue weighted by Gasteiger charge is 2.22. The summed E-state index contributed by atoms with van der Waals surface area (Å²) in [5.74, 6) is 0. The molecular weight excluding hydrogens is 799 g/mol. The molecule has 0 N–H and O–H groups in total. The number of furan rings is 1. The molecule has 1 heterocycles. The molecule has 0 radical (unpaired) electrons. The van der Waals surface area contributed by atoms with Crippen LogP contribution in [0.4, 0.5) is 17.1 Å². The first-order valence-electron chi connectivity index (χ1n) is 22.6. The summed E-state index contributed by atoms with van der Waals surface area (Å²) in [6.07, 6.45) is 0. The lowest BCUT2D eigenvalue weighted by Crippen LogP contribution is -2.10. The fourth-order valence-corrected chi connectivity index (χ4v) is 9.58. The summed E-state index contributed by atoms with van der Waals surface area (Å²) in [6.45, 7) is 0. The van der Waals surface area contributed by atoms with E-state index in [1.54, 1.807) is 0 Å². The third kappa shape index (κ3) is 7.21. The first-order chi connectivity index (χ1) is 32.7. The average Bonchev–Trinajstić information content (AvgIpc) is 3.79. The summed E-state index contributed by atoms with van der Waals surface area (Å²) in [4.78, 5) is 2.35. The monoisotopic (exact) mass is 841 g/mol. The summed E-state index contributed by atoms with van der Waals surface area (Å²) in [5, 5.41) is 4.42. The van der Waals surface area contributed by atoms with Gasteiger partial charge in [0, 0.05) is 22.1 Å². The second-order valence-electron chi connectivity index (χ2n) is 16.9. The summed E-state index contributed by atoms with van der Waals surface area (Å²) in [6, 6.07) is 93.6. The van der Waals surface area contributed by atoms with Crippen LogP contribution in [0.5, 0.6) is 0 Å². The molecule has 0 saturated carbocycles. The minimum Gasteiger partial charge on any atom is -0.455 e. The molecular formula is C64H43NO. The molecule has 0 aliphatic carbocycles. The molecule has 310 valence electrons. The van der Waals surface area contributed by atoms with Crippen molar-refractivity contribution >= 4 is 49.8 Å². The van der Waals surface area contributed by atoms with Gasteiger partial charge in [0.05, 0.1) is 11.1 Å². The van der Waals surface area contributed by atoms with Crippen molar-refractivity contribution in [2.24, 2.45) is 0 Å². The maximum atomic E-state index is 6.85. The molecule has 12 aromatic rings. The van der Waals surface area contributed by atoms with Crippen LogP contribution in [0.1, 0.15) is 0 Å². The predicted molar refractivity (Wildman–Crippen MR) is 279 cm³/mol. The number of nitrogens with zero attached hydrogens (tertiary/aromatic N) is 1. The highest BCUT2D eigenvalue weighted by molar-refractivity contribution is 6.22. The predicted octanol–water partition coefficient (Wildman–Crippen LogP) is 18.2. The van der Waals surface area contributed by atoms with Crippen molar-refractivity contribution in [1.82, 2.24) is 0 Å². The van der Waals surface area contributed by atoms with E-state index in [9.17, 15) is 0 Å². The largest absolute Gasteiger partial charge is 0.455 e. The van der Waals surface area contributed by atoms with Gasteiger partial charge in [0.15, 0.2) is 0 Å². The van der Waals surface area contributed by atoms with E-state index in [1.165, 1.54) is 61.2 Å². The van der Waals surface area contributed by atoms with Crippen LogP contribution in [0.3, 0.4) is 0 Å². The van der Waals surface area contributed by atoms with Crippen LogP contribution in [-0.4, -0.2) is 0 Å². The van der Waals surface area contributed by atoms with Gasteiger partial charge in [-0.1, -0.05) is 200 Å². The minimum absolute atomic E-state index is 0.855. The van der Waals surface area contributed by atoms with Crippen molar-refractivity contribution in [3.05, 3.63) is 261 Å². The second-order valence-corrected chi connectivity index (χ2v) is 16.9. The van der Waals surface area contributed by atoms with E-state index in [1.807, 2.05) is 0 Å². The zero-order valence-corrected chi connectivity index (χ0v) is 36.2. The SMILES string of the molecule is c1ccc(-c2ccc(N(c3ccccc3)c3cccc4oc5c6ccccc6c(-c6ccc(-c7ccc(-c8cc(-c9ccccc9)cc(-c9ccccc9)c8)cc7)cc6)cc5c34)cc2)cc1. The van der Waals surface area contributed by atoms with Crippen molar-refractivity contribution in [1.29, 1.82) is 0 Å². The lowest BCUT2D eigenvalue weighted by Gasteiger charge is -2.26. The van der Waals surface area contributed by atoms with Gasteiger partial charge in [-0.25, -0.2) is 0 Å². The van der Waals surface area contributed by atoms with Crippen LogP contribution in [0.2, 0.25) is 0 Å². The van der Waals surface area contributed by atoms with E-state index in [2.05, 4.69) is 266 Å². The molecule has 0 unspecified atom stereocenters. The van der Waals surface area contributed by atoms with Crippen LogP contribution >= 0.6 is 0 Å². The first kappa shape index (κ1) is 38.9. The smallest absolute Gasteiger partial charge is 0.143 e. The standard InChI is InChI=1S/C64H43NO/c1-5-16-44(17-6-1)49-36-38-56(39-37-49)65(55-22-11-4-12-23-55)61-26-15-27-62-63(61)60-43-59(57-24-13-14-25-58(57)64(60)66-62)51-34-32-48(33-35-51)47-28-30-50(31-29-47)54-41-52(45-18-7-2-8-19-45)40-53(42-54)46-20-9-3-10-21-46/h1-43H. The molecule has 0 fully saturated rings. The van der Waals surface area contributed by atoms with Crippen LogP contribution in [0, 0.1) is 0 Å². The highest BCUT2D eigenvalue weighted by atomic mass is 16.3. The molecule has 1 aromatic heterocycles. The number of hydrogen-bond donors (Lipinski definition) is 0. The first-order valence-corrected chi connectivity index (χ1v) is 22.6. The fraction of sp³-hybridized carbons (Fsp3) is 0. The molecule has 0 saturated heterocycles. The summed E-state index contributed by atoms with van der Waals surface area (Å²) >= 11 is 0. The van der Waals surface area contributed by atoms with Crippen molar-refractivity contribution in [2.75, 3.05) is 4.90 Å². The molecule has 0 amide bonds. The van der Waals surface area contributed by atoms with Gasteiger partial charge in [-0.05, 0) is 133 Å². The minimum atomic E-state index is 0.855. The van der Waals surface area contributed by atoms with Crippen LogP contribution in [0.25, 0.3) is 99.5 Å². The molecule has 2 heteroatoms. The maximum Gasteiger partial charge on any atom is 0.143 e. The molecule has 2 nitrogen and oxygen atoms in total. The molecule has 11 aromatic carbocycles. The van der Waals surface area contributed by atoms with Crippen molar-refractivity contribution in [3.8, 4) is 66.8 Å². The Balaban J connectivity index is 0.923. The Morgan fingerprint density at radius 3 is 1.18 bits per heavy atom. The van der Waals surface area contributed by atoms with Crippen molar-refractivity contribution in [2.45, 2.75) is 0 Å². The zero-order chi connectivity index (χ0) is 43.8. The van der Waals surface area contributed by atoms with Gasteiger partial charge in [-0.3, -0.25) is 0 Å². The van der Waals surface area contributed by atoms with Gasteiger partial charge < -0.3 is 9.32 Å². The lowest BCUT2D eigenvalue weighted by atomic mass is 9.92. The van der Waals surface area contributed by atoms with E-state index in [0.29, 0.717) is 0 Å². The maximum absolute atomic E-state index is 6.85. The Hall–Kier alpha value is -8.72. The number of benzene rings is 11. The number of fused-ring (bicyclic) bond motifs is 5. The third-order valence-electron chi connectivity index (χ3n) is 12.9. The molecule has 0 aliphatic rings. The summed E-state index contributed by atoms with van der Waals surface area (Å²) < 4.78 is 6.85. The Kier molecular flexibility index (Phi) is 9.89. The van der Waals surface area contributed by atoms with Gasteiger partial charge in [0.1, 0.15) is 11.2 Å². The van der Waals surface area contributed by atoms with Crippen LogP contribution in [-0.2, 0) is 0 Å². The average molecular weight is 842 g/mol. The Labute approximate surface area is 384 Å². The van der Waals surface area contributed by atoms with Gasteiger partial charge in [0.2, 0.25) is 0 Å². The number of rotatable bonds is 9. The number of hydrogen-bond acceptors (Lipinski definition) is 2. The summed E-state index contributed by atoms with van der Waals surface area (Å²) in [7, 11) is 0. The zero-order valence-electron chi connectivity index (χ0n) is 36.2. The Morgan fingerprint density at radius 1 is 0.258 bits per heavy atom. The van der Waals surface area contributed by atoms with E-state index < -0.39 is 0 Å². The van der Waals surface area contributed by atoms with E-state index in [0.717, 1.165) is 55.3 Å². The number of para-hydroxylation sites is 1. The van der Waals surface area contributed by atoms with E-state index >= 15 is 0 Å². The Bertz CT molecular complexity index is 3580. The van der Waals surface area contributed by atoms with E-state index in [-0.39, 0.29) is 0 Å². The highest BCUT2D eigenvalue weighted by Crippen LogP contribution is 2.46. The molecule has 0 atom stereocenters. The van der Waals surface area contributed by atoms with Gasteiger partial charge in [-0.15, -0.1) is 0 Å². The Morgan fingerprint density at radius 2 is 0.652 bits per heavy atom. The van der Waals surface area contributed by atoms with Crippen molar-refractivity contribution in [3.63, 3.8) is 0 Å². The third-order valence-corrected chi connectivity index (χ3v) is 12.9. The second kappa shape index (κ2) is 16.8. The molecule has 0 spiro atoms. The molecule has 0 bridgehead atoms. The normalized spacial score (nSPS) is 11.3. The fourth-order valence-electron chi connectivity index (χ4n) is 9.58. The quantitative estimate of drug-likeness (QED) is 0.144. The lowest BCUT2D eigenvalue weighted by molar-refractivity contribution is 0.672. The van der Waals surface area contributed by atoms with Gasteiger partial charge in [-0.2, -0.15) is 0 Å². The molecule has 0 aliphatic heterocycles. The van der Waals surface area contributed by atoms with Gasteiger partial charge in [0.25, 0.3) is 0 Å². The van der Waals surface area contributed by atoms with Crippen molar-refractivity contribution < 1.29 is 4.42 Å². The van der Waals surface area contributed by atoms with Crippen LogP contribution < -0.4 is 4.90 Å². The van der Waals surface area contributed by atoms with Crippen LogP contribution in [0.15, 0.2) is 265 Å².